The number of benzene rings is 6. The van der Waals surface area contributed by atoms with E-state index >= 15 is 0 Å². The molecule has 59 heavy (non-hydrogen) atoms. The van der Waals surface area contributed by atoms with E-state index in [0.717, 1.165) is 78.1 Å². The van der Waals surface area contributed by atoms with Gasteiger partial charge in [-0.3, -0.25) is 9.97 Å². The molecule has 1 aliphatic carbocycles. The van der Waals surface area contributed by atoms with Gasteiger partial charge in [0, 0.05) is 58.0 Å². The third-order valence-electron chi connectivity index (χ3n) is 11.5. The minimum absolute atomic E-state index is 0.242. The highest BCUT2D eigenvalue weighted by atomic mass is 14.9. The Morgan fingerprint density at radius 2 is 0.932 bits per heavy atom. The van der Waals surface area contributed by atoms with Crippen molar-refractivity contribution in [3.8, 4) is 95.6 Å². The van der Waals surface area contributed by atoms with Gasteiger partial charge in [-0.2, -0.15) is 5.26 Å². The van der Waals surface area contributed by atoms with Gasteiger partial charge in [-0.25, -0.2) is 9.97 Å². The molecule has 3 heterocycles. The zero-order valence-electron chi connectivity index (χ0n) is 32.6. The predicted octanol–water partition coefficient (Wildman–Crippen LogP) is 13.1. The number of hydrogen-bond acceptors (Lipinski definition) is 5. The van der Waals surface area contributed by atoms with Crippen LogP contribution in [0.3, 0.4) is 0 Å². The summed E-state index contributed by atoms with van der Waals surface area (Å²) in [6.07, 6.45) is 7.43. The van der Waals surface area contributed by atoms with Gasteiger partial charge in [0.15, 0.2) is 5.82 Å². The smallest absolute Gasteiger partial charge is 0.160 e. The SMILES string of the molecule is CC1(C)c2ccc(C#N)cc2-c2ccc(-c3cc(-c4cc(-c5cccnc5)cc(-c5cccnc5)c4)cc(-c4cc(-c5ccccc5)nc(-c5ccccc5)n4)c3)cc21. The Bertz CT molecular complexity index is 2800. The van der Waals surface area contributed by atoms with E-state index in [9.17, 15) is 5.26 Å². The minimum Gasteiger partial charge on any atom is -0.264 e. The second kappa shape index (κ2) is 14.6. The minimum atomic E-state index is -0.242. The van der Waals surface area contributed by atoms with Gasteiger partial charge in [-0.1, -0.05) is 105 Å². The van der Waals surface area contributed by atoms with Gasteiger partial charge in [0.1, 0.15) is 0 Å². The molecule has 5 nitrogen and oxygen atoms in total. The molecule has 0 atom stereocenters. The zero-order valence-corrected chi connectivity index (χ0v) is 32.6. The van der Waals surface area contributed by atoms with Crippen LogP contribution in [0.25, 0.3) is 89.5 Å². The van der Waals surface area contributed by atoms with Crippen molar-refractivity contribution in [3.05, 3.63) is 205 Å². The maximum Gasteiger partial charge on any atom is 0.160 e. The molecule has 0 saturated carbocycles. The first-order valence-corrected chi connectivity index (χ1v) is 19.7. The van der Waals surface area contributed by atoms with Gasteiger partial charge >= 0.3 is 0 Å². The first kappa shape index (κ1) is 35.6. The lowest BCUT2D eigenvalue weighted by atomic mass is 9.81. The summed E-state index contributed by atoms with van der Waals surface area (Å²) >= 11 is 0. The van der Waals surface area contributed by atoms with E-state index in [-0.39, 0.29) is 5.41 Å². The Labute approximate surface area is 344 Å². The molecule has 0 unspecified atom stereocenters. The Balaban J connectivity index is 1.21. The number of hydrogen-bond donors (Lipinski definition) is 0. The molecule has 0 amide bonds. The van der Waals surface area contributed by atoms with Gasteiger partial charge in [0.25, 0.3) is 0 Å². The maximum absolute atomic E-state index is 9.74. The van der Waals surface area contributed by atoms with Crippen LogP contribution in [0.15, 0.2) is 189 Å². The van der Waals surface area contributed by atoms with Crippen LogP contribution < -0.4 is 0 Å². The quantitative estimate of drug-likeness (QED) is 0.162. The van der Waals surface area contributed by atoms with E-state index < -0.39 is 0 Å². The van der Waals surface area contributed by atoms with E-state index in [1.165, 1.54) is 16.7 Å². The molecule has 0 saturated heterocycles. The monoisotopic (exact) mass is 755 g/mol. The topological polar surface area (TPSA) is 75.3 Å². The first-order chi connectivity index (χ1) is 28.9. The molecule has 6 aromatic carbocycles. The van der Waals surface area contributed by atoms with Crippen LogP contribution in [0.5, 0.6) is 0 Å². The highest BCUT2D eigenvalue weighted by Gasteiger charge is 2.35. The molecular formula is C54H37N5. The summed E-state index contributed by atoms with van der Waals surface area (Å²) in [6, 6.07) is 59.4. The third-order valence-corrected chi connectivity index (χ3v) is 11.5. The van der Waals surface area contributed by atoms with Gasteiger partial charge in [-0.05, 0) is 128 Å². The van der Waals surface area contributed by atoms with E-state index in [0.29, 0.717) is 11.4 Å². The number of pyridine rings is 2. The van der Waals surface area contributed by atoms with E-state index in [1.807, 2.05) is 73.1 Å². The first-order valence-electron chi connectivity index (χ1n) is 19.7. The number of aromatic nitrogens is 4. The summed E-state index contributed by atoms with van der Waals surface area (Å²) in [4.78, 5) is 19.3. The van der Waals surface area contributed by atoms with Crippen molar-refractivity contribution < 1.29 is 0 Å². The van der Waals surface area contributed by atoms with Crippen LogP contribution in [0.4, 0.5) is 0 Å². The largest absolute Gasteiger partial charge is 0.264 e. The third kappa shape index (κ3) is 6.67. The summed E-state index contributed by atoms with van der Waals surface area (Å²) in [6.45, 7) is 4.55. The van der Waals surface area contributed by atoms with Crippen molar-refractivity contribution >= 4 is 0 Å². The molecule has 1 aliphatic rings. The van der Waals surface area contributed by atoms with Crippen molar-refractivity contribution in [1.82, 2.24) is 19.9 Å². The van der Waals surface area contributed by atoms with Crippen LogP contribution in [0.1, 0.15) is 30.5 Å². The second-order valence-corrected chi connectivity index (χ2v) is 15.5. The fourth-order valence-corrected chi connectivity index (χ4v) is 8.37. The summed E-state index contributed by atoms with van der Waals surface area (Å²) < 4.78 is 0. The lowest BCUT2D eigenvalue weighted by Crippen LogP contribution is -2.15. The Morgan fingerprint density at radius 3 is 1.51 bits per heavy atom. The molecule has 278 valence electrons. The second-order valence-electron chi connectivity index (χ2n) is 15.5. The summed E-state index contributed by atoms with van der Waals surface area (Å²) in [5.41, 5.74) is 18.3. The molecule has 0 spiro atoms. The molecule has 0 radical (unpaired) electrons. The fraction of sp³-hybridized carbons (Fsp3) is 0.0556. The predicted molar refractivity (Wildman–Crippen MR) is 238 cm³/mol. The lowest BCUT2D eigenvalue weighted by Gasteiger charge is -2.22. The molecule has 0 bridgehead atoms. The van der Waals surface area contributed by atoms with Crippen LogP contribution >= 0.6 is 0 Å². The number of rotatable bonds is 7. The van der Waals surface area contributed by atoms with Gasteiger partial charge in [-0.15, -0.1) is 0 Å². The van der Waals surface area contributed by atoms with Gasteiger partial charge in [0.2, 0.25) is 0 Å². The lowest BCUT2D eigenvalue weighted by molar-refractivity contribution is 0.660. The van der Waals surface area contributed by atoms with Crippen molar-refractivity contribution in [1.29, 1.82) is 5.26 Å². The molecule has 0 aliphatic heterocycles. The van der Waals surface area contributed by atoms with E-state index in [4.69, 9.17) is 9.97 Å². The van der Waals surface area contributed by atoms with Crippen LogP contribution in [0.2, 0.25) is 0 Å². The number of nitriles is 1. The summed E-state index contributed by atoms with van der Waals surface area (Å²) in [5, 5.41) is 9.74. The fourth-order valence-electron chi connectivity index (χ4n) is 8.37. The molecule has 3 aromatic heterocycles. The summed E-state index contributed by atoms with van der Waals surface area (Å²) in [5.74, 6) is 0.667. The molecule has 10 rings (SSSR count). The highest BCUT2D eigenvalue weighted by Crippen LogP contribution is 2.50. The van der Waals surface area contributed by atoms with Gasteiger partial charge in [0.05, 0.1) is 23.0 Å². The molecule has 9 aromatic rings. The van der Waals surface area contributed by atoms with Gasteiger partial charge < -0.3 is 0 Å². The summed E-state index contributed by atoms with van der Waals surface area (Å²) in [7, 11) is 0. The standard InChI is InChI=1S/C54H37N5/c1-54(2)49-20-17-35(32-55)23-48(49)47-19-18-38(30-50(47)54)41-24-45(44-26-42(39-15-9-21-56-33-39)25-43(27-44)40-16-10-22-57-34-40)29-46(28-41)52-31-51(36-11-5-3-6-12-36)58-53(59-52)37-13-7-4-8-14-37/h3-31,33-34H,1-2H3. The van der Waals surface area contributed by atoms with Crippen LogP contribution in [-0.2, 0) is 5.41 Å². The van der Waals surface area contributed by atoms with Crippen molar-refractivity contribution in [2.45, 2.75) is 19.3 Å². The highest BCUT2D eigenvalue weighted by molar-refractivity contribution is 5.89. The van der Waals surface area contributed by atoms with Crippen molar-refractivity contribution in [3.63, 3.8) is 0 Å². The molecule has 0 fully saturated rings. The zero-order chi connectivity index (χ0) is 39.9. The van der Waals surface area contributed by atoms with E-state index in [2.05, 4.69) is 133 Å². The molecular weight excluding hydrogens is 719 g/mol. The van der Waals surface area contributed by atoms with Crippen molar-refractivity contribution in [2.24, 2.45) is 0 Å². The number of nitrogens with zero attached hydrogens (tertiary/aromatic N) is 5. The molecule has 5 heteroatoms. The number of fused-ring (bicyclic) bond motifs is 3. The Kier molecular flexibility index (Phi) is 8.81. The van der Waals surface area contributed by atoms with Crippen molar-refractivity contribution in [2.75, 3.05) is 0 Å². The average Bonchev–Trinajstić information content (AvgIpc) is 3.54. The normalized spacial score (nSPS) is 12.4. The van der Waals surface area contributed by atoms with Crippen LogP contribution in [0, 0.1) is 11.3 Å². The molecule has 0 N–H and O–H groups in total. The average molecular weight is 756 g/mol. The Hall–Kier alpha value is -7.81. The van der Waals surface area contributed by atoms with Crippen LogP contribution in [-0.4, -0.2) is 19.9 Å². The maximum atomic E-state index is 9.74. The Morgan fingerprint density at radius 1 is 0.407 bits per heavy atom. The van der Waals surface area contributed by atoms with E-state index in [1.54, 1.807) is 12.4 Å².